The van der Waals surface area contributed by atoms with Crippen molar-refractivity contribution in [2.45, 2.75) is 38.9 Å². The Morgan fingerprint density at radius 2 is 2.04 bits per heavy atom. The van der Waals surface area contributed by atoms with Gasteiger partial charge in [0.15, 0.2) is 0 Å². The molecule has 1 aliphatic rings. The predicted octanol–water partition coefficient (Wildman–Crippen LogP) is 3.46. The van der Waals surface area contributed by atoms with E-state index in [1.807, 2.05) is 31.4 Å². The molecule has 4 rings (SSSR count). The van der Waals surface area contributed by atoms with Crippen molar-refractivity contribution in [3.63, 3.8) is 0 Å². The van der Waals surface area contributed by atoms with Crippen LogP contribution in [0.3, 0.4) is 0 Å². The molecular weight excluding hydrogens is 322 g/mol. The number of anilines is 2. The third-order valence-electron chi connectivity index (χ3n) is 5.00. The summed E-state index contributed by atoms with van der Waals surface area (Å²) in [4.78, 5) is 11.3. The molecule has 0 saturated carbocycles. The molecular formula is C21H25N5. The minimum Gasteiger partial charge on any atom is -0.333 e. The smallest absolute Gasteiger partial charge is 0.132 e. The second-order valence-electron chi connectivity index (χ2n) is 6.99. The lowest BCUT2D eigenvalue weighted by Crippen LogP contribution is -2.36. The molecule has 0 bridgehead atoms. The first-order valence-electron chi connectivity index (χ1n) is 9.19. The molecule has 0 spiro atoms. The number of hydrogen-bond acceptors (Lipinski definition) is 4. The van der Waals surface area contributed by atoms with Crippen molar-refractivity contribution in [3.8, 4) is 0 Å². The molecule has 0 radical (unpaired) electrons. The van der Waals surface area contributed by atoms with E-state index in [2.05, 4.69) is 62.1 Å². The van der Waals surface area contributed by atoms with Crippen molar-refractivity contribution < 1.29 is 0 Å². The van der Waals surface area contributed by atoms with Gasteiger partial charge in [0.25, 0.3) is 0 Å². The average Bonchev–Trinajstić information content (AvgIpc) is 3.06. The molecule has 26 heavy (non-hydrogen) atoms. The van der Waals surface area contributed by atoms with Crippen molar-refractivity contribution in [2.75, 3.05) is 11.9 Å². The van der Waals surface area contributed by atoms with Crippen LogP contribution in [0.15, 0.2) is 54.9 Å². The number of imidazole rings is 1. The molecule has 1 aliphatic heterocycles. The van der Waals surface area contributed by atoms with E-state index in [1.165, 1.54) is 11.4 Å². The summed E-state index contributed by atoms with van der Waals surface area (Å²) in [5, 5.41) is 3.67. The molecule has 1 N–H and O–H groups in total. The number of nitrogens with one attached hydrogen (secondary N) is 1. The predicted molar refractivity (Wildman–Crippen MR) is 105 cm³/mol. The first-order valence-corrected chi connectivity index (χ1v) is 9.19. The van der Waals surface area contributed by atoms with E-state index in [1.54, 1.807) is 0 Å². The standard InChI is InChI=1S/C21H25N5/c1-16-14-26-15-18(9-11-21(26)24-16)22-12-17-8-10-20(23-13-17)25(2)19-6-4-3-5-7-19/h3-8,10,13-14,18,22H,9,11-12,15H2,1-2H3. The number of nitrogens with zero attached hydrogens (tertiary/aromatic N) is 4. The van der Waals surface area contributed by atoms with Gasteiger partial charge in [0.1, 0.15) is 11.6 Å². The van der Waals surface area contributed by atoms with Crippen molar-refractivity contribution in [2.24, 2.45) is 0 Å². The molecule has 1 aromatic carbocycles. The Hall–Kier alpha value is -2.66. The van der Waals surface area contributed by atoms with Gasteiger partial charge in [-0.05, 0) is 37.1 Å². The summed E-state index contributed by atoms with van der Waals surface area (Å²) in [6.45, 7) is 3.90. The maximum Gasteiger partial charge on any atom is 0.132 e. The summed E-state index contributed by atoms with van der Waals surface area (Å²) in [5.41, 5.74) is 3.46. The highest BCUT2D eigenvalue weighted by atomic mass is 15.2. The molecule has 1 atom stereocenters. The maximum atomic E-state index is 4.63. The fourth-order valence-corrected chi connectivity index (χ4v) is 3.52. The molecule has 1 unspecified atom stereocenters. The van der Waals surface area contributed by atoms with Crippen molar-refractivity contribution >= 4 is 11.5 Å². The Morgan fingerprint density at radius 1 is 1.19 bits per heavy atom. The second-order valence-corrected chi connectivity index (χ2v) is 6.99. The highest BCUT2D eigenvalue weighted by Gasteiger charge is 2.19. The minimum absolute atomic E-state index is 0.489. The van der Waals surface area contributed by atoms with Gasteiger partial charge in [0.05, 0.1) is 5.69 Å². The van der Waals surface area contributed by atoms with E-state index in [9.17, 15) is 0 Å². The zero-order chi connectivity index (χ0) is 17.9. The van der Waals surface area contributed by atoms with Crippen molar-refractivity contribution in [3.05, 3.63) is 71.9 Å². The Balaban J connectivity index is 1.35. The number of pyridine rings is 1. The summed E-state index contributed by atoms with van der Waals surface area (Å²) >= 11 is 0. The van der Waals surface area contributed by atoms with E-state index < -0.39 is 0 Å². The van der Waals surface area contributed by atoms with E-state index in [4.69, 9.17) is 0 Å². The molecule has 2 aromatic heterocycles. The van der Waals surface area contributed by atoms with Crippen LogP contribution in [0.25, 0.3) is 0 Å². The fraction of sp³-hybridized carbons (Fsp3) is 0.333. The SMILES string of the molecule is Cc1cn2c(n1)CCC(NCc1ccc(N(C)c3ccccc3)nc1)C2. The van der Waals surface area contributed by atoms with Crippen LogP contribution in [0, 0.1) is 6.92 Å². The van der Waals surface area contributed by atoms with Crippen LogP contribution in [-0.2, 0) is 19.5 Å². The Kier molecular flexibility index (Phi) is 4.71. The van der Waals surface area contributed by atoms with Gasteiger partial charge in [0.2, 0.25) is 0 Å². The van der Waals surface area contributed by atoms with Crippen LogP contribution in [0.5, 0.6) is 0 Å². The zero-order valence-corrected chi connectivity index (χ0v) is 15.4. The van der Waals surface area contributed by atoms with E-state index in [-0.39, 0.29) is 0 Å². The third kappa shape index (κ3) is 3.63. The summed E-state index contributed by atoms with van der Waals surface area (Å²) < 4.78 is 2.28. The number of fused-ring (bicyclic) bond motifs is 1. The Labute approximate surface area is 154 Å². The quantitative estimate of drug-likeness (QED) is 0.768. The summed E-state index contributed by atoms with van der Waals surface area (Å²) in [6, 6.07) is 15.0. The Morgan fingerprint density at radius 3 is 2.81 bits per heavy atom. The maximum absolute atomic E-state index is 4.63. The van der Waals surface area contributed by atoms with E-state index >= 15 is 0 Å². The summed E-state index contributed by atoms with van der Waals surface area (Å²) in [7, 11) is 2.04. The number of para-hydroxylation sites is 1. The molecule has 3 aromatic rings. The van der Waals surface area contributed by atoms with Crippen LogP contribution in [-0.4, -0.2) is 27.6 Å². The van der Waals surface area contributed by atoms with Gasteiger partial charge in [-0.3, -0.25) is 0 Å². The largest absolute Gasteiger partial charge is 0.333 e. The van der Waals surface area contributed by atoms with E-state index in [0.29, 0.717) is 6.04 Å². The Bertz CT molecular complexity index is 854. The van der Waals surface area contributed by atoms with Gasteiger partial charge in [-0.15, -0.1) is 0 Å². The molecule has 134 valence electrons. The minimum atomic E-state index is 0.489. The number of rotatable bonds is 5. The number of aromatic nitrogens is 3. The van der Waals surface area contributed by atoms with Crippen LogP contribution < -0.4 is 10.2 Å². The monoisotopic (exact) mass is 347 g/mol. The van der Waals surface area contributed by atoms with Gasteiger partial charge >= 0.3 is 0 Å². The van der Waals surface area contributed by atoms with Gasteiger partial charge in [-0.2, -0.15) is 0 Å². The molecule has 5 heteroatoms. The summed E-state index contributed by atoms with van der Waals surface area (Å²) in [6.07, 6.45) is 6.31. The third-order valence-corrected chi connectivity index (χ3v) is 5.00. The zero-order valence-electron chi connectivity index (χ0n) is 15.4. The highest BCUT2D eigenvalue weighted by Crippen LogP contribution is 2.21. The van der Waals surface area contributed by atoms with Gasteiger partial charge < -0.3 is 14.8 Å². The van der Waals surface area contributed by atoms with Crippen LogP contribution in [0.4, 0.5) is 11.5 Å². The van der Waals surface area contributed by atoms with E-state index in [0.717, 1.165) is 43.1 Å². The fourth-order valence-electron chi connectivity index (χ4n) is 3.52. The van der Waals surface area contributed by atoms with Crippen molar-refractivity contribution in [1.29, 1.82) is 0 Å². The van der Waals surface area contributed by atoms with Gasteiger partial charge in [-0.25, -0.2) is 9.97 Å². The normalized spacial score (nSPS) is 16.3. The van der Waals surface area contributed by atoms with Crippen molar-refractivity contribution in [1.82, 2.24) is 19.9 Å². The van der Waals surface area contributed by atoms with Gasteiger partial charge in [-0.1, -0.05) is 24.3 Å². The number of hydrogen-bond donors (Lipinski definition) is 1. The first-order chi connectivity index (χ1) is 12.7. The second kappa shape index (κ2) is 7.30. The summed E-state index contributed by atoms with van der Waals surface area (Å²) in [5.74, 6) is 2.17. The van der Waals surface area contributed by atoms with Crippen LogP contribution in [0.2, 0.25) is 0 Å². The first kappa shape index (κ1) is 16.8. The topological polar surface area (TPSA) is 46.0 Å². The van der Waals surface area contributed by atoms with Crippen LogP contribution >= 0.6 is 0 Å². The van der Waals surface area contributed by atoms with Crippen LogP contribution in [0.1, 0.15) is 23.5 Å². The molecule has 0 fully saturated rings. The highest BCUT2D eigenvalue weighted by molar-refractivity contribution is 5.58. The molecule has 0 saturated heterocycles. The molecule has 0 aliphatic carbocycles. The average molecular weight is 347 g/mol. The lowest BCUT2D eigenvalue weighted by molar-refractivity contribution is 0.379. The lowest BCUT2D eigenvalue weighted by atomic mass is 10.1. The molecule has 3 heterocycles. The molecule has 0 amide bonds. The number of benzene rings is 1. The number of aryl methyl sites for hydroxylation is 2. The lowest BCUT2D eigenvalue weighted by Gasteiger charge is -2.25. The molecule has 5 nitrogen and oxygen atoms in total. The van der Waals surface area contributed by atoms with Gasteiger partial charge in [0, 0.05) is 50.7 Å².